The third kappa shape index (κ3) is 3.00. The lowest BCUT2D eigenvalue weighted by Crippen LogP contribution is -2.27. The second-order valence-electron chi connectivity index (χ2n) is 5.23. The molecule has 2 aromatic carbocycles. The van der Waals surface area contributed by atoms with Gasteiger partial charge in [-0.3, -0.25) is 9.59 Å². The van der Waals surface area contributed by atoms with Crippen LogP contribution >= 0.6 is 11.6 Å². The Balaban J connectivity index is 1.90. The average molecular weight is 346 g/mol. The molecule has 0 unspecified atom stereocenters. The maximum atomic E-state index is 13.1. The summed E-state index contributed by atoms with van der Waals surface area (Å²) < 4.78 is 14.3. The number of amides is 1. The summed E-state index contributed by atoms with van der Waals surface area (Å²) in [5.74, 6) is -0.956. The monoisotopic (exact) mass is 345 g/mol. The first-order valence-electron chi connectivity index (χ1n) is 7.15. The molecule has 1 aromatic heterocycles. The van der Waals surface area contributed by atoms with Crippen molar-refractivity contribution in [3.63, 3.8) is 0 Å². The zero-order chi connectivity index (χ0) is 17.3. The normalized spacial score (nSPS) is 10.8. The van der Waals surface area contributed by atoms with Gasteiger partial charge in [0.15, 0.2) is 0 Å². The lowest BCUT2D eigenvalue weighted by molar-refractivity contribution is 0.0950. The van der Waals surface area contributed by atoms with Crippen LogP contribution in [0.3, 0.4) is 0 Å². The number of hydrogen-bond donors (Lipinski definition) is 1. The molecule has 122 valence electrons. The quantitative estimate of drug-likeness (QED) is 0.793. The van der Waals surface area contributed by atoms with Crippen LogP contribution in [0.15, 0.2) is 47.3 Å². The molecule has 7 heteroatoms. The molecule has 0 spiro atoms. The molecule has 0 aliphatic carbocycles. The van der Waals surface area contributed by atoms with Crippen molar-refractivity contribution in [2.45, 2.75) is 6.54 Å². The number of benzene rings is 2. The molecule has 24 heavy (non-hydrogen) atoms. The Labute approximate surface area is 141 Å². The van der Waals surface area contributed by atoms with Crippen molar-refractivity contribution in [3.8, 4) is 0 Å². The second kappa shape index (κ2) is 6.41. The number of rotatable bonds is 3. The minimum absolute atomic E-state index is 0.0331. The van der Waals surface area contributed by atoms with Crippen LogP contribution in [0.4, 0.5) is 4.39 Å². The molecule has 0 saturated heterocycles. The molecule has 1 N–H and O–H groups in total. The number of hydrogen-bond acceptors (Lipinski definition) is 3. The first-order valence-corrected chi connectivity index (χ1v) is 7.53. The van der Waals surface area contributed by atoms with E-state index in [-0.39, 0.29) is 22.7 Å². The first-order chi connectivity index (χ1) is 11.5. The molecule has 0 saturated carbocycles. The van der Waals surface area contributed by atoms with Gasteiger partial charge < -0.3 is 5.32 Å². The summed E-state index contributed by atoms with van der Waals surface area (Å²) in [6, 6.07) is 10.6. The van der Waals surface area contributed by atoms with E-state index in [0.29, 0.717) is 16.5 Å². The number of fused-ring (bicyclic) bond motifs is 1. The third-order valence-corrected chi connectivity index (χ3v) is 3.94. The van der Waals surface area contributed by atoms with Crippen molar-refractivity contribution in [2.24, 2.45) is 7.05 Å². The van der Waals surface area contributed by atoms with Crippen LogP contribution in [0.5, 0.6) is 0 Å². The van der Waals surface area contributed by atoms with Crippen molar-refractivity contribution in [2.75, 3.05) is 0 Å². The molecule has 0 fully saturated rings. The summed E-state index contributed by atoms with van der Waals surface area (Å²) in [5, 5.41) is 8.12. The van der Waals surface area contributed by atoms with Crippen LogP contribution in [0.25, 0.3) is 10.8 Å². The molecular weight excluding hydrogens is 333 g/mol. The SMILES string of the molecule is Cn1nc(CNC(=O)c2ccc(F)cc2Cl)c2ccccc2c1=O. The van der Waals surface area contributed by atoms with Crippen molar-refractivity contribution in [1.29, 1.82) is 0 Å². The fourth-order valence-corrected chi connectivity index (χ4v) is 2.69. The molecule has 0 aliphatic heterocycles. The molecule has 0 atom stereocenters. The number of nitrogens with one attached hydrogen (secondary N) is 1. The van der Waals surface area contributed by atoms with E-state index in [4.69, 9.17) is 11.6 Å². The summed E-state index contributed by atoms with van der Waals surface area (Å²) in [4.78, 5) is 24.3. The Morgan fingerprint density at radius 3 is 2.67 bits per heavy atom. The maximum absolute atomic E-state index is 13.1. The maximum Gasteiger partial charge on any atom is 0.274 e. The fraction of sp³-hybridized carbons (Fsp3) is 0.118. The van der Waals surface area contributed by atoms with Gasteiger partial charge in [-0.25, -0.2) is 9.07 Å². The van der Waals surface area contributed by atoms with Gasteiger partial charge in [-0.05, 0) is 24.3 Å². The minimum atomic E-state index is -0.512. The number of halogens is 2. The molecule has 0 bridgehead atoms. The summed E-state index contributed by atoms with van der Waals surface area (Å²) in [6.45, 7) is 0.112. The number of carbonyl (C=O) groups excluding carboxylic acids is 1. The molecule has 5 nitrogen and oxygen atoms in total. The smallest absolute Gasteiger partial charge is 0.274 e. The number of carbonyl (C=O) groups is 1. The summed E-state index contributed by atoms with van der Waals surface area (Å²) in [5.41, 5.74) is 0.522. The van der Waals surface area contributed by atoms with Gasteiger partial charge in [0.25, 0.3) is 11.5 Å². The highest BCUT2D eigenvalue weighted by Gasteiger charge is 2.13. The Hall–Kier alpha value is -2.73. The van der Waals surface area contributed by atoms with Crippen LogP contribution in [0, 0.1) is 5.82 Å². The van der Waals surface area contributed by atoms with Crippen LogP contribution in [-0.2, 0) is 13.6 Å². The number of aromatic nitrogens is 2. The van der Waals surface area contributed by atoms with E-state index in [2.05, 4.69) is 10.4 Å². The summed E-state index contributed by atoms with van der Waals surface area (Å²) >= 11 is 5.89. The largest absolute Gasteiger partial charge is 0.346 e. The second-order valence-corrected chi connectivity index (χ2v) is 5.64. The predicted molar refractivity (Wildman–Crippen MR) is 89.6 cm³/mol. The lowest BCUT2D eigenvalue weighted by Gasteiger charge is -2.10. The Kier molecular flexibility index (Phi) is 4.31. The highest BCUT2D eigenvalue weighted by Crippen LogP contribution is 2.18. The standard InChI is InChI=1S/C17H13ClFN3O2/c1-22-17(24)12-5-3-2-4-11(12)15(21-22)9-20-16(23)13-7-6-10(19)8-14(13)18/h2-8H,9H2,1H3,(H,20,23). The van der Waals surface area contributed by atoms with Crippen LogP contribution < -0.4 is 10.9 Å². The van der Waals surface area contributed by atoms with Crippen molar-refractivity contribution >= 4 is 28.3 Å². The van der Waals surface area contributed by atoms with E-state index >= 15 is 0 Å². The van der Waals surface area contributed by atoms with E-state index in [9.17, 15) is 14.0 Å². The first kappa shape index (κ1) is 16.1. The van der Waals surface area contributed by atoms with E-state index in [0.717, 1.165) is 6.07 Å². The van der Waals surface area contributed by atoms with Gasteiger partial charge in [0.05, 0.1) is 28.2 Å². The molecular formula is C17H13ClFN3O2. The van der Waals surface area contributed by atoms with E-state index in [1.807, 2.05) is 0 Å². The fourth-order valence-electron chi connectivity index (χ4n) is 2.44. The Bertz CT molecular complexity index is 1000. The zero-order valence-corrected chi connectivity index (χ0v) is 13.5. The van der Waals surface area contributed by atoms with Gasteiger partial charge >= 0.3 is 0 Å². The van der Waals surface area contributed by atoms with Crippen LogP contribution in [0.2, 0.25) is 5.02 Å². The van der Waals surface area contributed by atoms with Crippen molar-refractivity contribution < 1.29 is 9.18 Å². The molecule has 0 aliphatic rings. The topological polar surface area (TPSA) is 64.0 Å². The molecule has 3 aromatic rings. The molecule has 1 amide bonds. The van der Waals surface area contributed by atoms with Gasteiger partial charge in [-0.1, -0.05) is 29.8 Å². The molecule has 1 heterocycles. The Morgan fingerprint density at radius 1 is 1.25 bits per heavy atom. The highest BCUT2D eigenvalue weighted by molar-refractivity contribution is 6.33. The van der Waals surface area contributed by atoms with Crippen LogP contribution in [-0.4, -0.2) is 15.7 Å². The predicted octanol–water partition coefficient (Wildman–Crippen LogP) is 2.66. The number of aryl methyl sites for hydroxylation is 1. The van der Waals surface area contributed by atoms with Crippen LogP contribution in [0.1, 0.15) is 16.1 Å². The van der Waals surface area contributed by atoms with Gasteiger partial charge in [-0.2, -0.15) is 5.10 Å². The Morgan fingerprint density at radius 2 is 1.96 bits per heavy atom. The molecule has 3 rings (SSSR count). The highest BCUT2D eigenvalue weighted by atomic mass is 35.5. The third-order valence-electron chi connectivity index (χ3n) is 3.63. The number of nitrogens with zero attached hydrogens (tertiary/aromatic N) is 2. The van der Waals surface area contributed by atoms with Crippen molar-refractivity contribution in [3.05, 3.63) is 74.9 Å². The van der Waals surface area contributed by atoms with Gasteiger partial charge in [-0.15, -0.1) is 0 Å². The van der Waals surface area contributed by atoms with E-state index in [1.165, 1.54) is 16.8 Å². The zero-order valence-electron chi connectivity index (χ0n) is 12.7. The average Bonchev–Trinajstić information content (AvgIpc) is 2.56. The summed E-state index contributed by atoms with van der Waals surface area (Å²) in [6.07, 6.45) is 0. The van der Waals surface area contributed by atoms with Crippen molar-refractivity contribution in [1.82, 2.24) is 15.1 Å². The molecule has 0 radical (unpaired) electrons. The van der Waals surface area contributed by atoms with Gasteiger partial charge in [0.1, 0.15) is 5.82 Å². The minimum Gasteiger partial charge on any atom is -0.346 e. The summed E-state index contributed by atoms with van der Waals surface area (Å²) in [7, 11) is 1.55. The van der Waals surface area contributed by atoms with E-state index < -0.39 is 11.7 Å². The van der Waals surface area contributed by atoms with E-state index in [1.54, 1.807) is 31.3 Å². The van der Waals surface area contributed by atoms with Gasteiger partial charge in [0.2, 0.25) is 0 Å². The lowest BCUT2D eigenvalue weighted by atomic mass is 10.1. The van der Waals surface area contributed by atoms with Gasteiger partial charge in [0, 0.05) is 12.4 Å².